The molecule has 1 saturated carbocycles. The van der Waals surface area contributed by atoms with E-state index in [1.165, 1.54) is 0 Å². The molecular weight excluding hydrogens is 452 g/mol. The fourth-order valence-electron chi connectivity index (χ4n) is 6.09. The number of carboxylic acids is 2. The van der Waals surface area contributed by atoms with Gasteiger partial charge in [-0.05, 0) is 85.9 Å². The second kappa shape index (κ2) is 9.90. The van der Waals surface area contributed by atoms with Crippen LogP contribution in [0.4, 0.5) is 0 Å². The van der Waals surface area contributed by atoms with Gasteiger partial charge in [0.1, 0.15) is 17.8 Å². The van der Waals surface area contributed by atoms with E-state index in [4.69, 9.17) is 4.74 Å². The number of aliphatic carboxylic acids is 2. The van der Waals surface area contributed by atoms with Crippen LogP contribution >= 0.6 is 0 Å². The van der Waals surface area contributed by atoms with Crippen LogP contribution in [0, 0.1) is 17.8 Å². The molecule has 6 atom stereocenters. The van der Waals surface area contributed by atoms with Crippen LogP contribution in [0.2, 0.25) is 0 Å². The van der Waals surface area contributed by atoms with Crippen LogP contribution in [-0.4, -0.2) is 86.1 Å². The Morgan fingerprint density at radius 3 is 2.60 bits per heavy atom. The summed E-state index contributed by atoms with van der Waals surface area (Å²) in [5, 5.41) is 35.4. The van der Waals surface area contributed by atoms with E-state index in [1.807, 2.05) is 29.2 Å². The summed E-state index contributed by atoms with van der Waals surface area (Å²) >= 11 is 0. The Kier molecular flexibility index (Phi) is 6.70. The molecular formula is C24H32N6O5. The fraction of sp³-hybridized carbons (Fsp3) is 0.625. The Hall–Kier alpha value is -3.05. The first-order valence-electron chi connectivity index (χ1n) is 12.3. The van der Waals surface area contributed by atoms with Gasteiger partial charge in [0.05, 0.1) is 13.2 Å². The van der Waals surface area contributed by atoms with E-state index >= 15 is 0 Å². The maximum absolute atomic E-state index is 12.1. The maximum Gasteiger partial charge on any atom is 0.321 e. The van der Waals surface area contributed by atoms with Crippen molar-refractivity contribution in [3.8, 4) is 17.1 Å². The van der Waals surface area contributed by atoms with Gasteiger partial charge in [0.2, 0.25) is 5.82 Å². The average molecular weight is 485 g/mol. The Labute approximate surface area is 203 Å². The number of rotatable bonds is 7. The second-order valence-electron chi connectivity index (χ2n) is 10.1. The zero-order valence-electron chi connectivity index (χ0n) is 19.8. The molecule has 3 fully saturated rings. The first kappa shape index (κ1) is 23.7. The van der Waals surface area contributed by atoms with Gasteiger partial charge < -0.3 is 20.3 Å². The molecule has 1 aromatic carbocycles. The van der Waals surface area contributed by atoms with E-state index in [-0.39, 0.29) is 6.04 Å². The normalized spacial score (nSPS) is 31.1. The highest BCUT2D eigenvalue weighted by molar-refractivity contribution is 5.74. The SMILES string of the molecule is COc1ccc(-c2nnn(C3CC(C(=O)O)N(CC4CCC5CNC(C(=O)O)CC5C4)C3)n2)cc1. The molecule has 11 nitrogen and oxygen atoms in total. The molecule has 188 valence electrons. The summed E-state index contributed by atoms with van der Waals surface area (Å²) in [5.74, 6) is 0.880. The van der Waals surface area contributed by atoms with Gasteiger partial charge in [-0.2, -0.15) is 4.80 Å². The number of benzene rings is 1. The number of fused-ring (bicyclic) bond motifs is 1. The smallest absolute Gasteiger partial charge is 0.321 e. The van der Waals surface area contributed by atoms with Crippen molar-refractivity contribution in [3.63, 3.8) is 0 Å². The van der Waals surface area contributed by atoms with Crippen LogP contribution in [0.3, 0.4) is 0 Å². The van der Waals surface area contributed by atoms with Gasteiger partial charge in [0.15, 0.2) is 0 Å². The number of likely N-dealkylation sites (tertiary alicyclic amines) is 1. The number of hydrogen-bond donors (Lipinski definition) is 3. The number of tetrazole rings is 1. The standard InChI is InChI=1S/C24H32N6O5/c1-35-19-6-4-15(5-7-19)22-26-28-30(27-22)18-10-21(24(33)34)29(13-18)12-14-2-3-16-11-25-20(23(31)32)9-17(16)8-14/h4-7,14,16-18,20-21,25H,2-3,8-13H2,1H3,(H,31,32)(H,33,34). The molecule has 0 spiro atoms. The van der Waals surface area contributed by atoms with Crippen LogP contribution in [0.5, 0.6) is 5.75 Å². The Bertz CT molecular complexity index is 1060. The third-order valence-corrected chi connectivity index (χ3v) is 7.97. The highest BCUT2D eigenvalue weighted by Crippen LogP contribution is 2.40. The minimum absolute atomic E-state index is 0.165. The van der Waals surface area contributed by atoms with Crippen LogP contribution in [-0.2, 0) is 9.59 Å². The predicted molar refractivity (Wildman–Crippen MR) is 125 cm³/mol. The van der Waals surface area contributed by atoms with Crippen molar-refractivity contribution in [2.24, 2.45) is 17.8 Å². The summed E-state index contributed by atoms with van der Waals surface area (Å²) in [6, 6.07) is 6.18. The van der Waals surface area contributed by atoms with E-state index in [0.29, 0.717) is 49.5 Å². The summed E-state index contributed by atoms with van der Waals surface area (Å²) in [4.78, 5) is 27.1. The number of carboxylic acid groups (broad SMARTS) is 2. The molecule has 3 N–H and O–H groups in total. The maximum atomic E-state index is 12.1. The van der Waals surface area contributed by atoms with Crippen LogP contribution in [0.15, 0.2) is 24.3 Å². The number of methoxy groups -OCH3 is 1. The van der Waals surface area contributed by atoms with Crippen molar-refractivity contribution < 1.29 is 24.5 Å². The van der Waals surface area contributed by atoms with E-state index in [2.05, 4.69) is 20.7 Å². The van der Waals surface area contributed by atoms with Crippen molar-refractivity contribution in [1.82, 2.24) is 30.4 Å². The second-order valence-corrected chi connectivity index (χ2v) is 10.1. The van der Waals surface area contributed by atoms with E-state index in [1.54, 1.807) is 11.9 Å². The van der Waals surface area contributed by atoms with Gasteiger partial charge >= 0.3 is 11.9 Å². The molecule has 1 aliphatic carbocycles. The Morgan fingerprint density at radius 1 is 1.09 bits per heavy atom. The molecule has 3 heterocycles. The van der Waals surface area contributed by atoms with Crippen molar-refractivity contribution >= 4 is 11.9 Å². The van der Waals surface area contributed by atoms with Crippen molar-refractivity contribution in [3.05, 3.63) is 24.3 Å². The average Bonchev–Trinajstić information content (AvgIpc) is 3.51. The lowest BCUT2D eigenvalue weighted by atomic mass is 9.69. The zero-order chi connectivity index (χ0) is 24.5. The summed E-state index contributed by atoms with van der Waals surface area (Å²) in [6.07, 6.45) is 4.12. The third kappa shape index (κ3) is 5.01. The third-order valence-electron chi connectivity index (χ3n) is 7.97. The molecule has 2 saturated heterocycles. The van der Waals surface area contributed by atoms with Gasteiger partial charge in [0, 0.05) is 18.7 Å². The number of hydrogen-bond acceptors (Lipinski definition) is 8. The lowest BCUT2D eigenvalue weighted by Gasteiger charge is -2.42. The van der Waals surface area contributed by atoms with Gasteiger partial charge in [-0.1, -0.05) is 0 Å². The molecule has 0 bridgehead atoms. The van der Waals surface area contributed by atoms with Gasteiger partial charge in [-0.15, -0.1) is 10.2 Å². The number of nitrogens with one attached hydrogen (secondary N) is 1. The molecule has 2 aliphatic heterocycles. The minimum Gasteiger partial charge on any atom is -0.497 e. The predicted octanol–water partition coefficient (Wildman–Crippen LogP) is 1.53. The molecule has 35 heavy (non-hydrogen) atoms. The van der Waals surface area contributed by atoms with Gasteiger partial charge in [-0.3, -0.25) is 14.5 Å². The van der Waals surface area contributed by atoms with Crippen LogP contribution in [0.25, 0.3) is 11.4 Å². The topological polar surface area (TPSA) is 143 Å². The molecule has 3 aliphatic rings. The number of nitrogens with zero attached hydrogens (tertiary/aromatic N) is 5. The van der Waals surface area contributed by atoms with Crippen molar-refractivity contribution in [1.29, 1.82) is 0 Å². The number of aromatic nitrogens is 4. The van der Waals surface area contributed by atoms with E-state index < -0.39 is 24.0 Å². The monoisotopic (exact) mass is 484 g/mol. The summed E-state index contributed by atoms with van der Waals surface area (Å²) in [5.41, 5.74) is 0.820. The number of carbonyl (C=O) groups is 2. The molecule has 5 rings (SSSR count). The van der Waals surface area contributed by atoms with Gasteiger partial charge in [-0.25, -0.2) is 0 Å². The first-order valence-corrected chi connectivity index (χ1v) is 12.3. The molecule has 2 aromatic rings. The lowest BCUT2D eigenvalue weighted by Crippen LogP contribution is -2.50. The highest BCUT2D eigenvalue weighted by Gasteiger charge is 2.42. The fourth-order valence-corrected chi connectivity index (χ4v) is 6.09. The number of ether oxygens (including phenoxy) is 1. The van der Waals surface area contributed by atoms with Crippen molar-refractivity contribution in [2.45, 2.75) is 50.2 Å². The molecule has 11 heteroatoms. The Balaban J connectivity index is 1.24. The highest BCUT2D eigenvalue weighted by atomic mass is 16.5. The van der Waals surface area contributed by atoms with E-state index in [9.17, 15) is 19.8 Å². The zero-order valence-corrected chi connectivity index (χ0v) is 19.8. The summed E-state index contributed by atoms with van der Waals surface area (Å²) in [7, 11) is 1.61. The van der Waals surface area contributed by atoms with Crippen LogP contribution in [0.1, 0.15) is 38.1 Å². The molecule has 0 amide bonds. The summed E-state index contributed by atoms with van der Waals surface area (Å²) < 4.78 is 5.19. The van der Waals surface area contributed by atoms with E-state index in [0.717, 1.165) is 37.1 Å². The molecule has 0 radical (unpaired) electrons. The quantitative estimate of drug-likeness (QED) is 0.529. The largest absolute Gasteiger partial charge is 0.497 e. The Morgan fingerprint density at radius 2 is 1.89 bits per heavy atom. The number of piperidine rings is 1. The van der Waals surface area contributed by atoms with Crippen molar-refractivity contribution in [2.75, 3.05) is 26.7 Å². The first-order chi connectivity index (χ1) is 16.9. The van der Waals surface area contributed by atoms with Gasteiger partial charge in [0.25, 0.3) is 0 Å². The lowest BCUT2D eigenvalue weighted by molar-refractivity contribution is -0.143. The van der Waals surface area contributed by atoms with Crippen LogP contribution < -0.4 is 10.1 Å². The molecule has 6 unspecified atom stereocenters. The summed E-state index contributed by atoms with van der Waals surface area (Å²) in [6.45, 7) is 2.01. The minimum atomic E-state index is -0.829. The molecule has 1 aromatic heterocycles.